The Bertz CT molecular complexity index is 459. The first-order valence-corrected chi connectivity index (χ1v) is 6.57. The van der Waals surface area contributed by atoms with Gasteiger partial charge < -0.3 is 5.32 Å². The van der Waals surface area contributed by atoms with Gasteiger partial charge in [-0.15, -0.1) is 0 Å². The van der Waals surface area contributed by atoms with Crippen LogP contribution < -0.4 is 5.32 Å². The Balaban J connectivity index is 2.27. The van der Waals surface area contributed by atoms with Crippen LogP contribution >= 0.6 is 0 Å². The second-order valence-corrected chi connectivity index (χ2v) is 4.77. The van der Waals surface area contributed by atoms with Crippen molar-refractivity contribution in [1.82, 2.24) is 5.32 Å². The van der Waals surface area contributed by atoms with Crippen molar-refractivity contribution in [3.63, 3.8) is 0 Å². The number of hydrogen-bond donors (Lipinski definition) is 1. The van der Waals surface area contributed by atoms with E-state index in [0.29, 0.717) is 5.92 Å². The highest BCUT2D eigenvalue weighted by Gasteiger charge is 2.12. The number of aryl methyl sites for hydroxylation is 1. The molecule has 1 heteroatoms. The lowest BCUT2D eigenvalue weighted by Gasteiger charge is -2.18. The molecule has 2 aromatic rings. The standard InChI is InChI=1S/C17H21N/c1-14-8-10-16(11-9-14)17(12-13-18-2)15-6-4-3-5-7-15/h3-11,17-18H,12-13H2,1-2H3. The van der Waals surface area contributed by atoms with Gasteiger partial charge in [-0.25, -0.2) is 0 Å². The molecule has 0 heterocycles. The Labute approximate surface area is 110 Å². The molecule has 2 rings (SSSR count). The summed E-state index contributed by atoms with van der Waals surface area (Å²) in [6.45, 7) is 3.17. The van der Waals surface area contributed by atoms with Crippen molar-refractivity contribution in [3.05, 3.63) is 71.3 Å². The van der Waals surface area contributed by atoms with Crippen molar-refractivity contribution in [2.45, 2.75) is 19.3 Å². The molecule has 94 valence electrons. The van der Waals surface area contributed by atoms with Gasteiger partial charge in [0, 0.05) is 5.92 Å². The number of rotatable bonds is 5. The van der Waals surface area contributed by atoms with Crippen molar-refractivity contribution in [2.75, 3.05) is 13.6 Å². The summed E-state index contributed by atoms with van der Waals surface area (Å²) in [4.78, 5) is 0. The highest BCUT2D eigenvalue weighted by Crippen LogP contribution is 2.27. The van der Waals surface area contributed by atoms with Crippen LogP contribution in [0.2, 0.25) is 0 Å². The van der Waals surface area contributed by atoms with Crippen LogP contribution in [-0.4, -0.2) is 13.6 Å². The van der Waals surface area contributed by atoms with E-state index in [4.69, 9.17) is 0 Å². The summed E-state index contributed by atoms with van der Waals surface area (Å²) in [6, 6.07) is 19.7. The SMILES string of the molecule is CNCCC(c1ccccc1)c1ccc(C)cc1. The molecule has 0 fully saturated rings. The summed E-state index contributed by atoms with van der Waals surface area (Å²) < 4.78 is 0. The molecule has 0 saturated heterocycles. The van der Waals surface area contributed by atoms with E-state index >= 15 is 0 Å². The molecule has 1 nitrogen and oxygen atoms in total. The molecule has 0 amide bonds. The Morgan fingerprint density at radius 2 is 1.50 bits per heavy atom. The Kier molecular flexibility index (Phi) is 4.54. The molecule has 0 aliphatic carbocycles. The van der Waals surface area contributed by atoms with Gasteiger partial charge in [-0.1, -0.05) is 60.2 Å². The molecule has 0 bridgehead atoms. The molecule has 0 aliphatic rings. The third kappa shape index (κ3) is 3.21. The smallest absolute Gasteiger partial charge is 0.0101 e. The van der Waals surface area contributed by atoms with Crippen LogP contribution in [0.4, 0.5) is 0 Å². The zero-order valence-electron chi connectivity index (χ0n) is 11.2. The fourth-order valence-electron chi connectivity index (χ4n) is 2.30. The predicted octanol–water partition coefficient (Wildman–Crippen LogP) is 3.74. The zero-order chi connectivity index (χ0) is 12.8. The predicted molar refractivity (Wildman–Crippen MR) is 78.0 cm³/mol. The Morgan fingerprint density at radius 3 is 2.11 bits per heavy atom. The lowest BCUT2D eigenvalue weighted by atomic mass is 9.88. The summed E-state index contributed by atoms with van der Waals surface area (Å²) in [5.41, 5.74) is 4.12. The maximum Gasteiger partial charge on any atom is 0.0101 e. The van der Waals surface area contributed by atoms with Crippen LogP contribution in [-0.2, 0) is 0 Å². The highest BCUT2D eigenvalue weighted by atomic mass is 14.8. The second-order valence-electron chi connectivity index (χ2n) is 4.77. The molecule has 1 atom stereocenters. The van der Waals surface area contributed by atoms with Crippen LogP contribution in [0.3, 0.4) is 0 Å². The largest absolute Gasteiger partial charge is 0.320 e. The fourth-order valence-corrected chi connectivity index (χ4v) is 2.30. The summed E-state index contributed by atoms with van der Waals surface area (Å²) in [5.74, 6) is 0.485. The second kappa shape index (κ2) is 6.36. The lowest BCUT2D eigenvalue weighted by Crippen LogP contribution is -2.13. The summed E-state index contributed by atoms with van der Waals surface area (Å²) in [6.07, 6.45) is 1.13. The number of benzene rings is 2. The molecule has 1 unspecified atom stereocenters. The van der Waals surface area contributed by atoms with Crippen LogP contribution in [0.15, 0.2) is 54.6 Å². The van der Waals surface area contributed by atoms with Crippen molar-refractivity contribution in [3.8, 4) is 0 Å². The van der Waals surface area contributed by atoms with E-state index in [1.807, 2.05) is 7.05 Å². The fraction of sp³-hybridized carbons (Fsp3) is 0.294. The molecule has 1 N–H and O–H groups in total. The van der Waals surface area contributed by atoms with Gasteiger partial charge in [0.05, 0.1) is 0 Å². The number of hydrogen-bond acceptors (Lipinski definition) is 1. The summed E-state index contributed by atoms with van der Waals surface area (Å²) in [7, 11) is 2.01. The van der Waals surface area contributed by atoms with Gasteiger partial charge in [0.15, 0.2) is 0 Å². The van der Waals surface area contributed by atoms with E-state index in [1.165, 1.54) is 16.7 Å². The van der Waals surface area contributed by atoms with Crippen LogP contribution in [0.25, 0.3) is 0 Å². The minimum Gasteiger partial charge on any atom is -0.320 e. The van der Waals surface area contributed by atoms with E-state index in [9.17, 15) is 0 Å². The molecule has 2 aromatic carbocycles. The van der Waals surface area contributed by atoms with E-state index < -0.39 is 0 Å². The van der Waals surface area contributed by atoms with E-state index in [1.54, 1.807) is 0 Å². The molecular formula is C17H21N. The van der Waals surface area contributed by atoms with Gasteiger partial charge in [0.2, 0.25) is 0 Å². The van der Waals surface area contributed by atoms with Crippen LogP contribution in [0.5, 0.6) is 0 Å². The van der Waals surface area contributed by atoms with Gasteiger partial charge in [-0.3, -0.25) is 0 Å². The summed E-state index contributed by atoms with van der Waals surface area (Å²) >= 11 is 0. The van der Waals surface area contributed by atoms with Crippen molar-refractivity contribution < 1.29 is 0 Å². The first-order valence-electron chi connectivity index (χ1n) is 6.57. The molecule has 0 saturated carbocycles. The maximum absolute atomic E-state index is 3.25. The molecule has 0 radical (unpaired) electrons. The van der Waals surface area contributed by atoms with Crippen LogP contribution in [0, 0.1) is 6.92 Å². The highest BCUT2D eigenvalue weighted by molar-refractivity contribution is 5.33. The van der Waals surface area contributed by atoms with Gasteiger partial charge in [0.25, 0.3) is 0 Å². The van der Waals surface area contributed by atoms with Gasteiger partial charge in [0.1, 0.15) is 0 Å². The van der Waals surface area contributed by atoms with Gasteiger partial charge >= 0.3 is 0 Å². The first-order chi connectivity index (χ1) is 8.81. The molecule has 0 aromatic heterocycles. The number of nitrogens with one attached hydrogen (secondary N) is 1. The minimum atomic E-state index is 0.485. The maximum atomic E-state index is 3.25. The van der Waals surface area contributed by atoms with Crippen molar-refractivity contribution in [1.29, 1.82) is 0 Å². The molecule has 0 aliphatic heterocycles. The summed E-state index contributed by atoms with van der Waals surface area (Å²) in [5, 5.41) is 3.25. The Hall–Kier alpha value is -1.60. The lowest BCUT2D eigenvalue weighted by molar-refractivity contribution is 0.661. The topological polar surface area (TPSA) is 12.0 Å². The third-order valence-corrected chi connectivity index (χ3v) is 3.36. The zero-order valence-corrected chi connectivity index (χ0v) is 11.2. The first kappa shape index (κ1) is 12.8. The average Bonchev–Trinajstić information content (AvgIpc) is 2.42. The molecule has 18 heavy (non-hydrogen) atoms. The van der Waals surface area contributed by atoms with Crippen molar-refractivity contribution >= 4 is 0 Å². The van der Waals surface area contributed by atoms with E-state index in [0.717, 1.165) is 13.0 Å². The normalized spacial score (nSPS) is 12.3. The average molecular weight is 239 g/mol. The third-order valence-electron chi connectivity index (χ3n) is 3.36. The van der Waals surface area contributed by atoms with Gasteiger partial charge in [-0.2, -0.15) is 0 Å². The molecular weight excluding hydrogens is 218 g/mol. The minimum absolute atomic E-state index is 0.485. The van der Waals surface area contributed by atoms with Gasteiger partial charge in [-0.05, 0) is 38.1 Å². The van der Waals surface area contributed by atoms with Crippen LogP contribution in [0.1, 0.15) is 29.0 Å². The van der Waals surface area contributed by atoms with E-state index in [-0.39, 0.29) is 0 Å². The Morgan fingerprint density at radius 1 is 0.889 bits per heavy atom. The van der Waals surface area contributed by atoms with Crippen molar-refractivity contribution in [2.24, 2.45) is 0 Å². The van der Waals surface area contributed by atoms with E-state index in [2.05, 4.69) is 66.8 Å². The quantitative estimate of drug-likeness (QED) is 0.838. The monoisotopic (exact) mass is 239 g/mol. The molecule has 0 spiro atoms.